The number of hydrogen-bond donors (Lipinski definition) is 2. The van der Waals surface area contributed by atoms with Crippen molar-refractivity contribution < 1.29 is 17.8 Å². The summed E-state index contributed by atoms with van der Waals surface area (Å²) in [4.78, 5) is 11.6. The standard InChI is InChI=1S/C11H15NO4S/c1-9(10-5-3-2-4-6-10)11(13)12-7-8-17(14,15)16/h2-6,9H,7-8H2,1H3,(H,12,13)(H,14,15,16). The molecule has 0 aliphatic carbocycles. The summed E-state index contributed by atoms with van der Waals surface area (Å²) in [6, 6.07) is 9.17. The van der Waals surface area contributed by atoms with Crippen LogP contribution >= 0.6 is 0 Å². The van der Waals surface area contributed by atoms with Gasteiger partial charge in [-0.05, 0) is 12.5 Å². The van der Waals surface area contributed by atoms with E-state index in [4.69, 9.17) is 4.55 Å². The number of carbonyl (C=O) groups excluding carboxylic acids is 1. The maximum absolute atomic E-state index is 11.6. The van der Waals surface area contributed by atoms with Gasteiger partial charge in [-0.1, -0.05) is 30.3 Å². The van der Waals surface area contributed by atoms with E-state index >= 15 is 0 Å². The van der Waals surface area contributed by atoms with Gasteiger partial charge in [0.05, 0.1) is 11.7 Å². The first-order valence-electron chi connectivity index (χ1n) is 5.18. The molecule has 5 nitrogen and oxygen atoms in total. The highest BCUT2D eigenvalue weighted by atomic mass is 32.2. The molecule has 0 spiro atoms. The van der Waals surface area contributed by atoms with E-state index in [9.17, 15) is 13.2 Å². The second-order valence-electron chi connectivity index (χ2n) is 3.71. The fourth-order valence-corrected chi connectivity index (χ4v) is 1.71. The van der Waals surface area contributed by atoms with Crippen LogP contribution in [0.2, 0.25) is 0 Å². The van der Waals surface area contributed by atoms with Gasteiger partial charge in [0, 0.05) is 6.54 Å². The third-order valence-corrected chi connectivity index (χ3v) is 3.07. The van der Waals surface area contributed by atoms with E-state index in [0.29, 0.717) is 0 Å². The van der Waals surface area contributed by atoms with Crippen molar-refractivity contribution in [3.05, 3.63) is 35.9 Å². The van der Waals surface area contributed by atoms with E-state index in [1.807, 2.05) is 30.3 Å². The Morgan fingerprint density at radius 2 is 1.94 bits per heavy atom. The van der Waals surface area contributed by atoms with Gasteiger partial charge in [0.25, 0.3) is 10.1 Å². The van der Waals surface area contributed by atoms with E-state index in [-0.39, 0.29) is 18.4 Å². The molecule has 1 aromatic carbocycles. The summed E-state index contributed by atoms with van der Waals surface area (Å²) in [7, 11) is -4.02. The molecule has 0 heterocycles. The largest absolute Gasteiger partial charge is 0.354 e. The average molecular weight is 257 g/mol. The fourth-order valence-electron chi connectivity index (χ4n) is 1.35. The number of rotatable bonds is 5. The molecule has 0 aliphatic rings. The summed E-state index contributed by atoms with van der Waals surface area (Å²) in [5, 5.41) is 2.46. The van der Waals surface area contributed by atoms with Gasteiger partial charge < -0.3 is 5.32 Å². The normalized spacial score (nSPS) is 13.1. The van der Waals surface area contributed by atoms with Crippen molar-refractivity contribution in [2.75, 3.05) is 12.3 Å². The summed E-state index contributed by atoms with van der Waals surface area (Å²) >= 11 is 0. The van der Waals surface area contributed by atoms with Gasteiger partial charge in [-0.15, -0.1) is 0 Å². The maximum Gasteiger partial charge on any atom is 0.266 e. The number of nitrogens with one attached hydrogen (secondary N) is 1. The van der Waals surface area contributed by atoms with Crippen molar-refractivity contribution in [1.29, 1.82) is 0 Å². The summed E-state index contributed by atoms with van der Waals surface area (Å²) in [5.41, 5.74) is 0.858. The first-order valence-corrected chi connectivity index (χ1v) is 6.79. The Bertz CT molecular complexity index is 470. The van der Waals surface area contributed by atoms with Crippen molar-refractivity contribution >= 4 is 16.0 Å². The number of hydrogen-bond acceptors (Lipinski definition) is 3. The molecule has 0 aliphatic heterocycles. The number of amides is 1. The van der Waals surface area contributed by atoms with Crippen LogP contribution in [-0.4, -0.2) is 31.2 Å². The summed E-state index contributed by atoms with van der Waals surface area (Å²) in [5.74, 6) is -1.09. The van der Waals surface area contributed by atoms with Crippen LogP contribution in [0.4, 0.5) is 0 Å². The summed E-state index contributed by atoms with van der Waals surface area (Å²) < 4.78 is 29.4. The van der Waals surface area contributed by atoms with Crippen molar-refractivity contribution in [1.82, 2.24) is 5.32 Å². The Morgan fingerprint density at radius 3 is 2.47 bits per heavy atom. The van der Waals surface area contributed by atoms with Crippen LogP contribution in [0, 0.1) is 0 Å². The lowest BCUT2D eigenvalue weighted by Gasteiger charge is -2.11. The third-order valence-electron chi connectivity index (χ3n) is 2.35. The lowest BCUT2D eigenvalue weighted by molar-refractivity contribution is -0.122. The zero-order valence-electron chi connectivity index (χ0n) is 9.46. The minimum Gasteiger partial charge on any atom is -0.354 e. The highest BCUT2D eigenvalue weighted by Crippen LogP contribution is 2.13. The first-order chi connectivity index (χ1) is 7.90. The Labute approximate surface area is 101 Å². The van der Waals surface area contributed by atoms with Gasteiger partial charge in [-0.2, -0.15) is 8.42 Å². The smallest absolute Gasteiger partial charge is 0.266 e. The molecule has 0 bridgehead atoms. The SMILES string of the molecule is CC(C(=O)NCCS(=O)(=O)O)c1ccccc1. The molecule has 0 saturated carbocycles. The second-order valence-corrected chi connectivity index (χ2v) is 5.28. The minimum atomic E-state index is -4.02. The van der Waals surface area contributed by atoms with Crippen LogP contribution in [0.3, 0.4) is 0 Å². The van der Waals surface area contributed by atoms with Gasteiger partial charge >= 0.3 is 0 Å². The van der Waals surface area contributed by atoms with Crippen LogP contribution in [0.15, 0.2) is 30.3 Å². The van der Waals surface area contributed by atoms with Crippen molar-refractivity contribution in [3.8, 4) is 0 Å². The van der Waals surface area contributed by atoms with E-state index in [1.165, 1.54) is 0 Å². The molecule has 1 aromatic rings. The molecule has 1 amide bonds. The highest BCUT2D eigenvalue weighted by molar-refractivity contribution is 7.85. The van der Waals surface area contributed by atoms with Crippen molar-refractivity contribution in [2.24, 2.45) is 0 Å². The molecule has 1 unspecified atom stereocenters. The monoisotopic (exact) mass is 257 g/mol. The van der Waals surface area contributed by atoms with Crippen LogP contribution in [0.5, 0.6) is 0 Å². The van der Waals surface area contributed by atoms with E-state index in [1.54, 1.807) is 6.92 Å². The molecule has 17 heavy (non-hydrogen) atoms. The predicted molar refractivity (Wildman–Crippen MR) is 64.3 cm³/mol. The average Bonchev–Trinajstić information content (AvgIpc) is 2.27. The van der Waals surface area contributed by atoms with E-state index in [2.05, 4.69) is 5.32 Å². The Balaban J connectivity index is 2.49. The molecular formula is C11H15NO4S. The van der Waals surface area contributed by atoms with Gasteiger partial charge in [-0.25, -0.2) is 0 Å². The molecular weight excluding hydrogens is 242 g/mol. The molecule has 1 atom stereocenters. The van der Waals surface area contributed by atoms with Crippen molar-refractivity contribution in [3.63, 3.8) is 0 Å². The Kier molecular flexibility index (Phi) is 4.65. The fraction of sp³-hybridized carbons (Fsp3) is 0.364. The Morgan fingerprint density at radius 1 is 1.35 bits per heavy atom. The molecule has 0 aromatic heterocycles. The van der Waals surface area contributed by atoms with Crippen molar-refractivity contribution in [2.45, 2.75) is 12.8 Å². The second kappa shape index (κ2) is 5.79. The number of benzene rings is 1. The predicted octanol–water partition coefficient (Wildman–Crippen LogP) is 0.794. The van der Waals surface area contributed by atoms with Crippen LogP contribution in [0.1, 0.15) is 18.4 Å². The van der Waals surface area contributed by atoms with Gasteiger partial charge in [-0.3, -0.25) is 9.35 Å². The lowest BCUT2D eigenvalue weighted by Crippen LogP contribution is -2.32. The quantitative estimate of drug-likeness (QED) is 0.764. The van der Waals surface area contributed by atoms with Crippen LogP contribution < -0.4 is 5.32 Å². The maximum atomic E-state index is 11.6. The topological polar surface area (TPSA) is 83.5 Å². The van der Waals surface area contributed by atoms with Crippen LogP contribution in [0.25, 0.3) is 0 Å². The van der Waals surface area contributed by atoms with Crippen LogP contribution in [-0.2, 0) is 14.9 Å². The lowest BCUT2D eigenvalue weighted by atomic mass is 10.0. The van der Waals surface area contributed by atoms with Gasteiger partial charge in [0.2, 0.25) is 5.91 Å². The van der Waals surface area contributed by atoms with Gasteiger partial charge in [0.1, 0.15) is 0 Å². The molecule has 2 N–H and O–H groups in total. The molecule has 0 fully saturated rings. The molecule has 0 radical (unpaired) electrons. The molecule has 94 valence electrons. The summed E-state index contributed by atoms with van der Waals surface area (Å²) in [6.45, 7) is 1.65. The van der Waals surface area contributed by atoms with Gasteiger partial charge in [0.15, 0.2) is 0 Å². The molecule has 6 heteroatoms. The zero-order chi connectivity index (χ0) is 12.9. The summed E-state index contributed by atoms with van der Waals surface area (Å²) in [6.07, 6.45) is 0. The van der Waals surface area contributed by atoms with E-state index < -0.39 is 15.9 Å². The third kappa shape index (κ3) is 4.97. The molecule has 1 rings (SSSR count). The number of carbonyl (C=O) groups is 1. The molecule has 0 saturated heterocycles. The zero-order valence-corrected chi connectivity index (χ0v) is 10.3. The highest BCUT2D eigenvalue weighted by Gasteiger charge is 2.15. The van der Waals surface area contributed by atoms with E-state index in [0.717, 1.165) is 5.56 Å². The minimum absolute atomic E-state index is 0.0885. The Hall–Kier alpha value is -1.40. The first kappa shape index (κ1) is 13.7.